The van der Waals surface area contributed by atoms with E-state index >= 15 is 0 Å². The fourth-order valence-electron chi connectivity index (χ4n) is 4.58. The standard InChI is InChI=1S/C24H27N3O5S/c1-3-24(18-11-9-17(2)10-12-18)22(29)26(23(30)25-24)15-21(28)27(19-7-5-4-6-8-19)20-13-14-33(31,32)16-20/h4-12,20H,3,13-16H2,1-2H3,(H,25,30)/t20-,24+/m0/s1. The number of carbonyl (C=O) groups is 3. The molecule has 0 aliphatic carbocycles. The molecule has 2 atom stereocenters. The first-order valence-electron chi connectivity index (χ1n) is 11.0. The molecule has 0 radical (unpaired) electrons. The molecular weight excluding hydrogens is 442 g/mol. The van der Waals surface area contributed by atoms with Gasteiger partial charge in [-0.1, -0.05) is 55.0 Å². The molecule has 2 aromatic rings. The molecule has 2 aliphatic heterocycles. The summed E-state index contributed by atoms with van der Waals surface area (Å²) in [5.74, 6) is -1.12. The molecule has 2 fully saturated rings. The number of aryl methyl sites for hydroxylation is 1. The van der Waals surface area contributed by atoms with Crippen molar-refractivity contribution >= 4 is 33.4 Å². The molecule has 1 N–H and O–H groups in total. The van der Waals surface area contributed by atoms with E-state index < -0.39 is 45.8 Å². The van der Waals surface area contributed by atoms with Crippen LogP contribution in [0, 0.1) is 6.92 Å². The van der Waals surface area contributed by atoms with E-state index in [9.17, 15) is 22.8 Å². The van der Waals surface area contributed by atoms with Crippen LogP contribution in [0.5, 0.6) is 0 Å². The quantitative estimate of drug-likeness (QED) is 0.654. The number of urea groups is 1. The minimum Gasteiger partial charge on any atom is -0.319 e. The van der Waals surface area contributed by atoms with E-state index in [-0.39, 0.29) is 11.5 Å². The number of anilines is 1. The maximum Gasteiger partial charge on any atom is 0.325 e. The molecule has 174 valence electrons. The van der Waals surface area contributed by atoms with Crippen LogP contribution in [0.4, 0.5) is 10.5 Å². The topological polar surface area (TPSA) is 104 Å². The van der Waals surface area contributed by atoms with Gasteiger partial charge in [-0.25, -0.2) is 13.2 Å². The van der Waals surface area contributed by atoms with E-state index in [1.807, 2.05) is 38.1 Å². The molecular formula is C24H27N3O5S. The molecule has 33 heavy (non-hydrogen) atoms. The van der Waals surface area contributed by atoms with Crippen LogP contribution in [0.1, 0.15) is 30.9 Å². The molecule has 0 saturated carbocycles. The van der Waals surface area contributed by atoms with Crippen molar-refractivity contribution in [1.82, 2.24) is 10.2 Å². The highest BCUT2D eigenvalue weighted by Gasteiger charge is 2.52. The number of imide groups is 1. The average molecular weight is 470 g/mol. The van der Waals surface area contributed by atoms with Gasteiger partial charge in [-0.15, -0.1) is 0 Å². The number of rotatable bonds is 6. The molecule has 0 bridgehead atoms. The Bertz CT molecular complexity index is 1180. The highest BCUT2D eigenvalue weighted by Crippen LogP contribution is 2.33. The molecule has 2 aliphatic rings. The van der Waals surface area contributed by atoms with Gasteiger partial charge in [-0.2, -0.15) is 0 Å². The van der Waals surface area contributed by atoms with Crippen LogP contribution >= 0.6 is 0 Å². The molecule has 0 spiro atoms. The summed E-state index contributed by atoms with van der Waals surface area (Å²) in [6.45, 7) is 3.27. The number of benzene rings is 2. The molecule has 9 heteroatoms. The number of sulfone groups is 1. The predicted molar refractivity (Wildman–Crippen MR) is 124 cm³/mol. The second-order valence-electron chi connectivity index (χ2n) is 8.60. The zero-order valence-electron chi connectivity index (χ0n) is 18.7. The summed E-state index contributed by atoms with van der Waals surface area (Å²) in [5.41, 5.74) is 0.987. The Balaban J connectivity index is 1.62. The normalized spacial score (nSPS) is 24.1. The summed E-state index contributed by atoms with van der Waals surface area (Å²) in [6, 6.07) is 14.9. The molecule has 0 aromatic heterocycles. The third-order valence-corrected chi connectivity index (χ3v) is 8.17. The summed E-state index contributed by atoms with van der Waals surface area (Å²) in [4.78, 5) is 42.1. The minimum atomic E-state index is -3.25. The fraction of sp³-hybridized carbons (Fsp3) is 0.375. The molecule has 2 heterocycles. The van der Waals surface area contributed by atoms with Gasteiger partial charge in [0.2, 0.25) is 5.91 Å². The predicted octanol–water partition coefficient (Wildman–Crippen LogP) is 2.37. The number of amides is 4. The van der Waals surface area contributed by atoms with Crippen LogP contribution in [0.15, 0.2) is 54.6 Å². The first-order valence-corrected chi connectivity index (χ1v) is 12.8. The Labute approximate surface area is 193 Å². The first kappa shape index (κ1) is 23.0. The van der Waals surface area contributed by atoms with Gasteiger partial charge in [0, 0.05) is 5.69 Å². The second kappa shape index (κ2) is 8.62. The van der Waals surface area contributed by atoms with Gasteiger partial charge in [-0.3, -0.25) is 14.5 Å². The van der Waals surface area contributed by atoms with Crippen LogP contribution in [0.3, 0.4) is 0 Å². The van der Waals surface area contributed by atoms with Gasteiger partial charge in [0.05, 0.1) is 17.5 Å². The van der Waals surface area contributed by atoms with Gasteiger partial charge >= 0.3 is 6.03 Å². The molecule has 2 aromatic carbocycles. The monoisotopic (exact) mass is 469 g/mol. The fourth-order valence-corrected chi connectivity index (χ4v) is 6.28. The Morgan fingerprint density at radius 3 is 2.36 bits per heavy atom. The largest absolute Gasteiger partial charge is 0.325 e. The van der Waals surface area contributed by atoms with Gasteiger partial charge in [0.25, 0.3) is 5.91 Å². The van der Waals surface area contributed by atoms with Crippen molar-refractivity contribution in [3.8, 4) is 0 Å². The van der Waals surface area contributed by atoms with E-state index in [1.54, 1.807) is 30.3 Å². The lowest BCUT2D eigenvalue weighted by Gasteiger charge is -2.30. The molecule has 4 rings (SSSR count). The summed E-state index contributed by atoms with van der Waals surface area (Å²) in [5, 5.41) is 2.79. The number of hydrogen-bond acceptors (Lipinski definition) is 5. The van der Waals surface area contributed by atoms with Crippen LogP contribution < -0.4 is 10.2 Å². The van der Waals surface area contributed by atoms with Crippen molar-refractivity contribution < 1.29 is 22.8 Å². The number of carbonyl (C=O) groups excluding carboxylic acids is 3. The van der Waals surface area contributed by atoms with E-state index in [0.29, 0.717) is 24.1 Å². The number of nitrogens with zero attached hydrogens (tertiary/aromatic N) is 2. The SMILES string of the molecule is CC[C@]1(c2ccc(C)cc2)NC(=O)N(CC(=O)N(c2ccccc2)[C@H]2CCS(=O)(=O)C2)C1=O. The summed E-state index contributed by atoms with van der Waals surface area (Å²) in [7, 11) is -3.25. The smallest absolute Gasteiger partial charge is 0.319 e. The lowest BCUT2D eigenvalue weighted by Crippen LogP contribution is -2.49. The second-order valence-corrected chi connectivity index (χ2v) is 10.8. The highest BCUT2D eigenvalue weighted by molar-refractivity contribution is 7.91. The first-order chi connectivity index (χ1) is 15.7. The number of hydrogen-bond donors (Lipinski definition) is 1. The summed E-state index contributed by atoms with van der Waals surface area (Å²) >= 11 is 0. The van der Waals surface area contributed by atoms with E-state index in [4.69, 9.17) is 0 Å². The molecule has 2 saturated heterocycles. The maximum atomic E-state index is 13.4. The minimum absolute atomic E-state index is 0.00375. The lowest BCUT2D eigenvalue weighted by atomic mass is 9.86. The van der Waals surface area contributed by atoms with Gasteiger partial charge in [0.15, 0.2) is 9.84 Å². The van der Waals surface area contributed by atoms with Crippen molar-refractivity contribution in [2.24, 2.45) is 0 Å². The molecule has 4 amide bonds. The van der Waals surface area contributed by atoms with Crippen molar-refractivity contribution in [2.75, 3.05) is 23.0 Å². The molecule has 0 unspecified atom stereocenters. The van der Waals surface area contributed by atoms with Gasteiger partial charge < -0.3 is 10.2 Å². The van der Waals surface area contributed by atoms with E-state index in [0.717, 1.165) is 10.5 Å². The number of nitrogens with one attached hydrogen (secondary N) is 1. The van der Waals surface area contributed by atoms with Gasteiger partial charge in [-0.05, 0) is 37.5 Å². The Hall–Kier alpha value is -3.20. The Morgan fingerprint density at radius 2 is 1.79 bits per heavy atom. The van der Waals surface area contributed by atoms with Crippen LogP contribution in [0.25, 0.3) is 0 Å². The van der Waals surface area contributed by atoms with Gasteiger partial charge in [0.1, 0.15) is 12.1 Å². The molecule has 8 nitrogen and oxygen atoms in total. The van der Waals surface area contributed by atoms with Crippen molar-refractivity contribution in [3.05, 3.63) is 65.7 Å². The van der Waals surface area contributed by atoms with Crippen molar-refractivity contribution in [2.45, 2.75) is 38.3 Å². The van der Waals surface area contributed by atoms with Crippen LogP contribution in [-0.2, 0) is 25.0 Å². The third kappa shape index (κ3) is 4.25. The van der Waals surface area contributed by atoms with Crippen molar-refractivity contribution in [1.29, 1.82) is 0 Å². The lowest BCUT2D eigenvalue weighted by molar-refractivity contribution is -0.134. The Morgan fingerprint density at radius 1 is 1.12 bits per heavy atom. The van der Waals surface area contributed by atoms with Crippen LogP contribution in [0.2, 0.25) is 0 Å². The number of para-hydroxylation sites is 1. The third-order valence-electron chi connectivity index (χ3n) is 6.42. The maximum absolute atomic E-state index is 13.4. The zero-order chi connectivity index (χ0) is 23.8. The van der Waals surface area contributed by atoms with E-state index in [2.05, 4.69) is 5.32 Å². The van der Waals surface area contributed by atoms with E-state index in [1.165, 1.54) is 4.90 Å². The Kier molecular flexibility index (Phi) is 6.00. The highest BCUT2D eigenvalue weighted by atomic mass is 32.2. The van der Waals surface area contributed by atoms with Crippen LogP contribution in [-0.4, -0.2) is 55.3 Å². The average Bonchev–Trinajstić information content (AvgIpc) is 3.26. The summed E-state index contributed by atoms with van der Waals surface area (Å²) < 4.78 is 24.2. The zero-order valence-corrected chi connectivity index (χ0v) is 19.5. The summed E-state index contributed by atoms with van der Waals surface area (Å²) in [6.07, 6.45) is 0.639. The van der Waals surface area contributed by atoms with Crippen molar-refractivity contribution in [3.63, 3.8) is 0 Å².